The summed E-state index contributed by atoms with van der Waals surface area (Å²) in [6.45, 7) is 2.29. The topological polar surface area (TPSA) is 0 Å². The first kappa shape index (κ1) is 15.8. The van der Waals surface area contributed by atoms with Crippen LogP contribution in [0.4, 0.5) is 0 Å². The smallest absolute Gasteiger partial charge is 0.0234 e. The van der Waals surface area contributed by atoms with Crippen LogP contribution in [0.2, 0.25) is 0 Å². The molecule has 1 fully saturated rings. The highest BCUT2D eigenvalue weighted by molar-refractivity contribution is 4.89. The fourth-order valence-corrected chi connectivity index (χ4v) is 3.01. The Kier molecular flexibility index (Phi) is 10.4. The van der Waals surface area contributed by atoms with Gasteiger partial charge in [0.25, 0.3) is 0 Å². The van der Waals surface area contributed by atoms with Crippen LogP contribution in [0.1, 0.15) is 96.8 Å². The van der Waals surface area contributed by atoms with Crippen LogP contribution in [0.25, 0.3) is 0 Å². The molecule has 0 nitrogen and oxygen atoms in total. The maximum Gasteiger partial charge on any atom is -0.0234 e. The molecule has 1 aliphatic rings. The monoisotopic (exact) mass is 250 g/mol. The molecule has 1 aliphatic carbocycles. The molecular formula is C18H34. The molecule has 18 heavy (non-hydrogen) atoms. The van der Waals surface area contributed by atoms with E-state index in [-0.39, 0.29) is 0 Å². The van der Waals surface area contributed by atoms with Crippen molar-refractivity contribution in [2.75, 3.05) is 0 Å². The van der Waals surface area contributed by atoms with E-state index in [2.05, 4.69) is 19.1 Å². The van der Waals surface area contributed by atoms with Crippen LogP contribution in [-0.4, -0.2) is 0 Å². The minimum absolute atomic E-state index is 0.924. The van der Waals surface area contributed by atoms with Crippen molar-refractivity contribution in [3.8, 4) is 0 Å². The molecule has 0 bridgehead atoms. The van der Waals surface area contributed by atoms with Gasteiger partial charge < -0.3 is 0 Å². The summed E-state index contributed by atoms with van der Waals surface area (Å²) >= 11 is 0. The van der Waals surface area contributed by atoms with Crippen molar-refractivity contribution >= 4 is 0 Å². The minimum Gasteiger partial charge on any atom is -0.0883 e. The van der Waals surface area contributed by atoms with Crippen LogP contribution in [0.5, 0.6) is 0 Å². The third-order valence-corrected chi connectivity index (χ3v) is 4.28. The van der Waals surface area contributed by atoms with E-state index in [1.54, 1.807) is 0 Å². The van der Waals surface area contributed by atoms with Crippen molar-refractivity contribution < 1.29 is 0 Å². The first-order valence-electron chi connectivity index (χ1n) is 8.60. The second kappa shape index (κ2) is 11.8. The second-order valence-corrected chi connectivity index (χ2v) is 6.09. The Balaban J connectivity index is 1.81. The van der Waals surface area contributed by atoms with Gasteiger partial charge in [-0.15, -0.1) is 0 Å². The Morgan fingerprint density at radius 3 is 2.06 bits per heavy atom. The van der Waals surface area contributed by atoms with E-state index in [9.17, 15) is 0 Å². The molecule has 0 amide bonds. The molecule has 0 unspecified atom stereocenters. The van der Waals surface area contributed by atoms with Crippen LogP contribution < -0.4 is 0 Å². The summed E-state index contributed by atoms with van der Waals surface area (Å²) in [4.78, 5) is 0. The molecule has 1 rings (SSSR count). The molecule has 0 heterocycles. The lowest BCUT2D eigenvalue weighted by atomic mass is 9.89. The molecule has 0 aromatic heterocycles. The third-order valence-electron chi connectivity index (χ3n) is 4.28. The van der Waals surface area contributed by atoms with Crippen molar-refractivity contribution in [1.82, 2.24) is 0 Å². The molecule has 1 saturated carbocycles. The zero-order chi connectivity index (χ0) is 12.9. The van der Waals surface area contributed by atoms with Crippen LogP contribution >= 0.6 is 0 Å². The Morgan fingerprint density at radius 2 is 1.39 bits per heavy atom. The van der Waals surface area contributed by atoms with E-state index in [1.165, 1.54) is 89.9 Å². The van der Waals surface area contributed by atoms with Gasteiger partial charge in [0.05, 0.1) is 0 Å². The standard InChI is InChI=1S/C18H34/c1-2-3-4-5-6-7-8-9-10-12-15-18-16-13-11-14-17-18/h12,15,18H,2-11,13-14,16-17H2,1H3. The SMILES string of the molecule is CCCCCCCCCCC=CC1CCCCC1. The van der Waals surface area contributed by atoms with Gasteiger partial charge >= 0.3 is 0 Å². The summed E-state index contributed by atoms with van der Waals surface area (Å²) in [5, 5.41) is 0. The van der Waals surface area contributed by atoms with Gasteiger partial charge in [0.2, 0.25) is 0 Å². The first-order valence-corrected chi connectivity index (χ1v) is 8.60. The van der Waals surface area contributed by atoms with Crippen molar-refractivity contribution in [3.05, 3.63) is 12.2 Å². The Hall–Kier alpha value is -0.260. The van der Waals surface area contributed by atoms with Crippen LogP contribution in [0.3, 0.4) is 0 Å². The molecule has 0 saturated heterocycles. The van der Waals surface area contributed by atoms with Crippen LogP contribution in [-0.2, 0) is 0 Å². The quantitative estimate of drug-likeness (QED) is 0.300. The molecule has 106 valence electrons. The van der Waals surface area contributed by atoms with Gasteiger partial charge in [-0.1, -0.05) is 83.3 Å². The van der Waals surface area contributed by atoms with Crippen molar-refractivity contribution in [2.45, 2.75) is 96.8 Å². The molecule has 0 heteroatoms. The molecular weight excluding hydrogens is 216 g/mol. The highest BCUT2D eigenvalue weighted by Gasteiger charge is 2.08. The molecule has 0 atom stereocenters. The predicted octanol–water partition coefficient (Wildman–Crippen LogP) is 6.65. The zero-order valence-corrected chi connectivity index (χ0v) is 12.6. The highest BCUT2D eigenvalue weighted by atomic mass is 14.1. The maximum absolute atomic E-state index is 2.51. The second-order valence-electron chi connectivity index (χ2n) is 6.09. The van der Waals surface area contributed by atoms with E-state index in [0.29, 0.717) is 0 Å². The largest absolute Gasteiger partial charge is 0.0883 e. The fourth-order valence-electron chi connectivity index (χ4n) is 3.01. The maximum atomic E-state index is 2.51. The minimum atomic E-state index is 0.924. The Bertz CT molecular complexity index is 186. The van der Waals surface area contributed by atoms with Gasteiger partial charge in [-0.25, -0.2) is 0 Å². The molecule has 0 N–H and O–H groups in total. The zero-order valence-electron chi connectivity index (χ0n) is 12.6. The van der Waals surface area contributed by atoms with Gasteiger partial charge in [0, 0.05) is 0 Å². The number of hydrogen-bond donors (Lipinski definition) is 0. The van der Waals surface area contributed by atoms with Gasteiger partial charge in [0.1, 0.15) is 0 Å². The first-order chi connectivity index (χ1) is 8.93. The number of hydrogen-bond acceptors (Lipinski definition) is 0. The summed E-state index contributed by atoms with van der Waals surface area (Å²) in [6, 6.07) is 0. The van der Waals surface area contributed by atoms with Crippen LogP contribution in [0, 0.1) is 5.92 Å². The summed E-state index contributed by atoms with van der Waals surface area (Å²) in [6.07, 6.45) is 25.1. The fraction of sp³-hybridized carbons (Fsp3) is 0.889. The highest BCUT2D eigenvalue weighted by Crippen LogP contribution is 2.24. The van der Waals surface area contributed by atoms with Crippen molar-refractivity contribution in [3.63, 3.8) is 0 Å². The Morgan fingerprint density at radius 1 is 0.778 bits per heavy atom. The average molecular weight is 250 g/mol. The summed E-state index contributed by atoms with van der Waals surface area (Å²) in [5.41, 5.74) is 0. The molecule has 0 aromatic rings. The number of rotatable bonds is 10. The predicted molar refractivity (Wildman–Crippen MR) is 82.9 cm³/mol. The Labute approximate surface area is 115 Å². The number of allylic oxidation sites excluding steroid dienone is 2. The lowest BCUT2D eigenvalue weighted by molar-refractivity contribution is 0.418. The third kappa shape index (κ3) is 8.78. The van der Waals surface area contributed by atoms with Gasteiger partial charge in [-0.05, 0) is 31.6 Å². The average Bonchev–Trinajstić information content (AvgIpc) is 2.42. The van der Waals surface area contributed by atoms with Gasteiger partial charge in [-0.3, -0.25) is 0 Å². The van der Waals surface area contributed by atoms with Crippen molar-refractivity contribution in [2.24, 2.45) is 5.92 Å². The number of unbranched alkanes of at least 4 members (excludes halogenated alkanes) is 8. The summed E-state index contributed by atoms with van der Waals surface area (Å²) in [5.74, 6) is 0.924. The molecule has 0 spiro atoms. The molecule has 0 aliphatic heterocycles. The van der Waals surface area contributed by atoms with E-state index in [1.807, 2.05) is 0 Å². The van der Waals surface area contributed by atoms with E-state index in [4.69, 9.17) is 0 Å². The molecule has 0 aromatic carbocycles. The lowest BCUT2D eigenvalue weighted by Gasteiger charge is -2.17. The van der Waals surface area contributed by atoms with E-state index in [0.717, 1.165) is 5.92 Å². The normalized spacial score (nSPS) is 17.6. The van der Waals surface area contributed by atoms with Gasteiger partial charge in [0.15, 0.2) is 0 Å². The lowest BCUT2D eigenvalue weighted by Crippen LogP contribution is -2.02. The molecule has 0 radical (unpaired) electrons. The summed E-state index contributed by atoms with van der Waals surface area (Å²) < 4.78 is 0. The van der Waals surface area contributed by atoms with E-state index >= 15 is 0 Å². The van der Waals surface area contributed by atoms with Crippen LogP contribution in [0.15, 0.2) is 12.2 Å². The van der Waals surface area contributed by atoms with Crippen molar-refractivity contribution in [1.29, 1.82) is 0 Å². The summed E-state index contributed by atoms with van der Waals surface area (Å²) in [7, 11) is 0. The van der Waals surface area contributed by atoms with Gasteiger partial charge in [-0.2, -0.15) is 0 Å². The van der Waals surface area contributed by atoms with E-state index < -0.39 is 0 Å².